The highest BCUT2D eigenvalue weighted by Gasteiger charge is 2.33. The molecular formula is C24H16F6N2S. The second kappa shape index (κ2) is 10.4. The minimum atomic E-state index is -4.54. The van der Waals surface area contributed by atoms with Gasteiger partial charge in [0, 0.05) is 33.4 Å². The van der Waals surface area contributed by atoms with Crippen molar-refractivity contribution in [3.63, 3.8) is 0 Å². The summed E-state index contributed by atoms with van der Waals surface area (Å²) < 4.78 is 83.6. The molecule has 1 heterocycles. The minimum absolute atomic E-state index is 0.0976. The van der Waals surface area contributed by atoms with Gasteiger partial charge in [-0.05, 0) is 25.0 Å². The highest BCUT2D eigenvalue weighted by atomic mass is 32.1. The average Bonchev–Trinajstić information content (AvgIpc) is 3.23. The largest absolute Gasteiger partial charge is 0.415 e. The van der Waals surface area contributed by atoms with Crippen LogP contribution < -0.4 is 0 Å². The van der Waals surface area contributed by atoms with Crippen LogP contribution in [-0.2, 0) is 0 Å². The molecule has 170 valence electrons. The first-order valence-corrected chi connectivity index (χ1v) is 9.87. The Kier molecular flexibility index (Phi) is 8.08. The van der Waals surface area contributed by atoms with Crippen molar-refractivity contribution in [1.82, 2.24) is 8.75 Å². The van der Waals surface area contributed by atoms with Gasteiger partial charge in [0.25, 0.3) is 0 Å². The molecule has 0 radical (unpaired) electrons. The van der Waals surface area contributed by atoms with E-state index in [-0.39, 0.29) is 29.6 Å². The zero-order valence-corrected chi connectivity index (χ0v) is 17.9. The Hall–Kier alpha value is -3.56. The van der Waals surface area contributed by atoms with E-state index in [1.807, 2.05) is 0 Å². The molecule has 0 unspecified atom stereocenters. The van der Waals surface area contributed by atoms with Crippen LogP contribution in [0.15, 0.2) is 72.9 Å². The molecule has 0 N–H and O–H groups in total. The van der Waals surface area contributed by atoms with E-state index in [1.165, 1.54) is 6.08 Å². The van der Waals surface area contributed by atoms with Crippen molar-refractivity contribution < 1.29 is 26.3 Å². The quantitative estimate of drug-likeness (QED) is 0.264. The second-order valence-corrected chi connectivity index (χ2v) is 7.21. The molecule has 0 aromatic carbocycles. The van der Waals surface area contributed by atoms with Crippen LogP contribution in [0.4, 0.5) is 26.3 Å². The van der Waals surface area contributed by atoms with E-state index in [2.05, 4.69) is 58.7 Å². The van der Waals surface area contributed by atoms with Crippen LogP contribution in [0.1, 0.15) is 24.2 Å². The topological polar surface area (TPSA) is 25.8 Å². The molecule has 0 amide bonds. The Morgan fingerprint density at radius 3 is 1.97 bits per heavy atom. The van der Waals surface area contributed by atoms with E-state index in [0.717, 1.165) is 30.0 Å². The van der Waals surface area contributed by atoms with Crippen LogP contribution in [0.5, 0.6) is 0 Å². The molecule has 0 bridgehead atoms. The molecule has 1 aliphatic carbocycles. The lowest BCUT2D eigenvalue weighted by Crippen LogP contribution is -2.13. The fourth-order valence-electron chi connectivity index (χ4n) is 2.33. The van der Waals surface area contributed by atoms with Crippen molar-refractivity contribution in [2.75, 3.05) is 0 Å². The normalized spacial score (nSPS) is 13.8. The maximum atomic E-state index is 12.7. The Morgan fingerprint density at radius 2 is 1.45 bits per heavy atom. The van der Waals surface area contributed by atoms with Crippen molar-refractivity contribution in [1.29, 1.82) is 0 Å². The molecule has 0 saturated heterocycles. The predicted molar refractivity (Wildman–Crippen MR) is 118 cm³/mol. The summed E-state index contributed by atoms with van der Waals surface area (Å²) in [6.07, 6.45) is -4.71. The number of rotatable bonds is 4. The van der Waals surface area contributed by atoms with E-state index < -0.39 is 23.5 Å². The Morgan fingerprint density at radius 1 is 0.848 bits per heavy atom. The van der Waals surface area contributed by atoms with Gasteiger partial charge in [-0.1, -0.05) is 62.1 Å². The molecule has 9 heteroatoms. The molecule has 0 aliphatic heterocycles. The Balaban J connectivity index is 2.11. The van der Waals surface area contributed by atoms with Crippen LogP contribution >= 0.6 is 11.7 Å². The third-order valence-electron chi connectivity index (χ3n) is 4.17. The number of hydrogen-bond donors (Lipinski definition) is 0. The van der Waals surface area contributed by atoms with Crippen molar-refractivity contribution in [2.45, 2.75) is 25.2 Å². The molecule has 1 aromatic rings. The fourth-order valence-corrected chi connectivity index (χ4v) is 2.93. The van der Waals surface area contributed by atoms with Gasteiger partial charge in [0.05, 0.1) is 11.7 Å². The lowest BCUT2D eigenvalue weighted by atomic mass is 9.98. The molecule has 2 rings (SSSR count). The zero-order chi connectivity index (χ0) is 24.8. The van der Waals surface area contributed by atoms with E-state index in [4.69, 9.17) is 0 Å². The van der Waals surface area contributed by atoms with E-state index >= 15 is 0 Å². The van der Waals surface area contributed by atoms with Crippen molar-refractivity contribution >= 4 is 22.9 Å². The van der Waals surface area contributed by atoms with Crippen LogP contribution in [0.3, 0.4) is 0 Å². The summed E-state index contributed by atoms with van der Waals surface area (Å²) in [5, 5.41) is 0. The summed E-state index contributed by atoms with van der Waals surface area (Å²) in [5.74, 6) is 10.8. The summed E-state index contributed by atoms with van der Waals surface area (Å²) in [6.45, 7) is 14.1. The van der Waals surface area contributed by atoms with Gasteiger partial charge in [-0.15, -0.1) is 0 Å². The van der Waals surface area contributed by atoms with Crippen LogP contribution in [-0.4, -0.2) is 21.1 Å². The summed E-state index contributed by atoms with van der Waals surface area (Å²) in [7, 11) is 0. The molecular weight excluding hydrogens is 462 g/mol. The van der Waals surface area contributed by atoms with Gasteiger partial charge in [0.2, 0.25) is 0 Å². The standard InChI is InChI=1S/C24H16F6N2S/c1-15(6-9-18(4)23(25,26)27)5-7-16(2)21-22(32-33-31-21)17(3)8-10-19-11-13-20(14-12-19)24(28,29)30/h6,9,11,13H,1-4,12,14H2/b9-6-. The number of alkyl halides is 6. The van der Waals surface area contributed by atoms with Gasteiger partial charge in [-0.25, -0.2) is 0 Å². The smallest absolute Gasteiger partial charge is 0.172 e. The van der Waals surface area contributed by atoms with Crippen LogP contribution in [0.25, 0.3) is 11.1 Å². The second-order valence-electron chi connectivity index (χ2n) is 6.68. The first-order chi connectivity index (χ1) is 15.3. The monoisotopic (exact) mass is 478 g/mol. The first kappa shape index (κ1) is 25.7. The molecule has 0 spiro atoms. The maximum absolute atomic E-state index is 12.7. The molecule has 1 aromatic heterocycles. The third-order valence-corrected chi connectivity index (χ3v) is 4.70. The number of nitrogens with zero attached hydrogens (tertiary/aromatic N) is 2. The van der Waals surface area contributed by atoms with E-state index in [9.17, 15) is 26.3 Å². The lowest BCUT2D eigenvalue weighted by Gasteiger charge is -2.14. The summed E-state index contributed by atoms with van der Waals surface area (Å²) in [6, 6.07) is 0. The summed E-state index contributed by atoms with van der Waals surface area (Å²) in [5.41, 5.74) is 0.0714. The summed E-state index contributed by atoms with van der Waals surface area (Å²) >= 11 is 0.859. The van der Waals surface area contributed by atoms with E-state index in [0.29, 0.717) is 17.0 Å². The average molecular weight is 478 g/mol. The van der Waals surface area contributed by atoms with Crippen molar-refractivity contribution in [3.8, 4) is 23.7 Å². The predicted octanol–water partition coefficient (Wildman–Crippen LogP) is 7.01. The van der Waals surface area contributed by atoms with Gasteiger partial charge in [0.1, 0.15) is 11.4 Å². The zero-order valence-electron chi connectivity index (χ0n) is 17.1. The molecule has 1 aliphatic rings. The van der Waals surface area contributed by atoms with E-state index in [1.54, 1.807) is 0 Å². The minimum Gasteiger partial charge on any atom is -0.172 e. The number of allylic oxidation sites excluding steroid dienone is 10. The van der Waals surface area contributed by atoms with Gasteiger partial charge < -0.3 is 0 Å². The fraction of sp³-hybridized carbons (Fsp3) is 0.167. The highest BCUT2D eigenvalue weighted by Crippen LogP contribution is 2.32. The van der Waals surface area contributed by atoms with Crippen LogP contribution in [0.2, 0.25) is 0 Å². The first-order valence-electron chi connectivity index (χ1n) is 9.14. The highest BCUT2D eigenvalue weighted by molar-refractivity contribution is 6.99. The van der Waals surface area contributed by atoms with Crippen molar-refractivity contribution in [2.24, 2.45) is 0 Å². The molecule has 0 saturated carbocycles. The number of hydrogen-bond acceptors (Lipinski definition) is 3. The van der Waals surface area contributed by atoms with Gasteiger partial charge in [-0.3, -0.25) is 0 Å². The number of halogens is 6. The molecule has 33 heavy (non-hydrogen) atoms. The third kappa shape index (κ3) is 7.51. The lowest BCUT2D eigenvalue weighted by molar-refractivity contribution is -0.0942. The molecule has 0 fully saturated rings. The Labute approximate surface area is 191 Å². The molecule has 0 atom stereocenters. The Bertz CT molecular complexity index is 1210. The van der Waals surface area contributed by atoms with Crippen molar-refractivity contribution in [3.05, 3.63) is 84.3 Å². The van der Waals surface area contributed by atoms with Gasteiger partial charge in [0.15, 0.2) is 0 Å². The summed E-state index contributed by atoms with van der Waals surface area (Å²) in [4.78, 5) is 0. The van der Waals surface area contributed by atoms with Crippen LogP contribution in [0, 0.1) is 23.7 Å². The van der Waals surface area contributed by atoms with Gasteiger partial charge >= 0.3 is 12.4 Å². The molecule has 2 nitrogen and oxygen atoms in total. The van der Waals surface area contributed by atoms with Gasteiger partial charge in [-0.2, -0.15) is 35.1 Å². The SMILES string of the molecule is C=C(C#CC(=C)c1nsnc1C(=C)C#CC1=CC=C(C(F)(F)F)CC1)/C=C\C(=C)C(F)(F)F. The maximum Gasteiger partial charge on any atom is 0.415 e. The number of aromatic nitrogens is 2.